The van der Waals surface area contributed by atoms with Gasteiger partial charge in [-0.05, 0) is 62.4 Å². The van der Waals surface area contributed by atoms with E-state index in [0.29, 0.717) is 5.92 Å². The maximum atomic E-state index is 10.8. The van der Waals surface area contributed by atoms with Gasteiger partial charge in [-0.2, -0.15) is 0 Å². The van der Waals surface area contributed by atoms with E-state index in [1.807, 2.05) is 26.0 Å². The summed E-state index contributed by atoms with van der Waals surface area (Å²) in [4.78, 5) is 0. The summed E-state index contributed by atoms with van der Waals surface area (Å²) in [6.07, 6.45) is -0.212. The molecule has 0 saturated carbocycles. The van der Waals surface area contributed by atoms with Gasteiger partial charge in [-0.1, -0.05) is 6.92 Å². The van der Waals surface area contributed by atoms with Crippen molar-refractivity contribution in [1.82, 2.24) is 0 Å². The van der Waals surface area contributed by atoms with Gasteiger partial charge in [0.1, 0.15) is 5.75 Å². The summed E-state index contributed by atoms with van der Waals surface area (Å²) in [5.74, 6) is 1.36. The van der Waals surface area contributed by atoms with Crippen LogP contribution in [0, 0.1) is 25.7 Å². The Morgan fingerprint density at radius 2 is 1.75 bits per heavy atom. The van der Waals surface area contributed by atoms with E-state index in [-0.39, 0.29) is 18.1 Å². The lowest BCUT2D eigenvalue weighted by atomic mass is 9.81. The molecule has 0 spiro atoms. The first-order valence-corrected chi connectivity index (χ1v) is 7.35. The molecule has 1 aliphatic rings. The number of ether oxygens (including phenoxy) is 2. The van der Waals surface area contributed by atoms with Gasteiger partial charge in [-0.15, -0.1) is 0 Å². The molecular weight excluding hydrogens is 252 g/mol. The summed E-state index contributed by atoms with van der Waals surface area (Å²) in [5, 5.41) is 10.8. The Morgan fingerprint density at radius 1 is 1.10 bits per heavy atom. The predicted molar refractivity (Wildman–Crippen MR) is 80.1 cm³/mol. The van der Waals surface area contributed by atoms with Gasteiger partial charge in [-0.3, -0.25) is 0 Å². The average molecular weight is 278 g/mol. The molecule has 3 heteroatoms. The molecule has 1 N–H and O–H groups in total. The van der Waals surface area contributed by atoms with E-state index in [1.54, 1.807) is 7.11 Å². The van der Waals surface area contributed by atoms with E-state index < -0.39 is 6.10 Å². The number of methoxy groups -OCH3 is 1. The highest BCUT2D eigenvalue weighted by Crippen LogP contribution is 2.42. The Balaban J connectivity index is 2.34. The molecule has 20 heavy (non-hydrogen) atoms. The summed E-state index contributed by atoms with van der Waals surface area (Å²) in [5.41, 5.74) is 3.11. The molecule has 0 aromatic heterocycles. The lowest BCUT2D eigenvalue weighted by Gasteiger charge is -2.26. The predicted octanol–water partition coefficient (Wildman–Crippen LogP) is 3.40. The quantitative estimate of drug-likeness (QED) is 0.921. The van der Waals surface area contributed by atoms with Crippen molar-refractivity contribution in [2.45, 2.75) is 52.9 Å². The third-order valence-corrected chi connectivity index (χ3v) is 4.79. The molecule has 112 valence electrons. The lowest BCUT2D eigenvalue weighted by molar-refractivity contribution is 0.0229. The van der Waals surface area contributed by atoms with Crippen molar-refractivity contribution in [1.29, 1.82) is 0 Å². The molecule has 0 aliphatic carbocycles. The molecule has 0 bridgehead atoms. The first kappa shape index (κ1) is 15.3. The zero-order valence-corrected chi connectivity index (χ0v) is 13.3. The fourth-order valence-electron chi connectivity index (χ4n) is 3.40. The largest absolute Gasteiger partial charge is 0.496 e. The van der Waals surface area contributed by atoms with E-state index in [1.165, 1.54) is 0 Å². The van der Waals surface area contributed by atoms with Gasteiger partial charge < -0.3 is 14.6 Å². The Hall–Kier alpha value is -1.06. The SMILES string of the molecule is COc1cc(C)c(C(O)C2C(C)OC(C)C2C)cc1C. The van der Waals surface area contributed by atoms with Crippen LogP contribution >= 0.6 is 0 Å². The van der Waals surface area contributed by atoms with Crippen molar-refractivity contribution >= 4 is 0 Å². The van der Waals surface area contributed by atoms with Gasteiger partial charge in [0.15, 0.2) is 0 Å². The highest BCUT2D eigenvalue weighted by atomic mass is 16.5. The molecule has 1 aliphatic heterocycles. The summed E-state index contributed by atoms with van der Waals surface area (Å²) < 4.78 is 11.2. The minimum Gasteiger partial charge on any atom is -0.496 e. The van der Waals surface area contributed by atoms with E-state index in [9.17, 15) is 5.11 Å². The van der Waals surface area contributed by atoms with Crippen molar-refractivity contribution in [2.24, 2.45) is 11.8 Å². The smallest absolute Gasteiger partial charge is 0.122 e. The second kappa shape index (κ2) is 5.74. The summed E-state index contributed by atoms with van der Waals surface area (Å²) in [6, 6.07) is 4.05. The second-order valence-electron chi connectivity index (χ2n) is 6.11. The van der Waals surface area contributed by atoms with Crippen molar-refractivity contribution < 1.29 is 14.6 Å². The molecule has 0 amide bonds. The van der Waals surface area contributed by atoms with Crippen molar-refractivity contribution in [3.8, 4) is 5.75 Å². The Bertz CT molecular complexity index is 483. The Kier molecular flexibility index (Phi) is 4.40. The molecule has 1 aromatic carbocycles. The number of rotatable bonds is 3. The van der Waals surface area contributed by atoms with E-state index >= 15 is 0 Å². The van der Waals surface area contributed by atoms with Crippen molar-refractivity contribution in [3.05, 3.63) is 28.8 Å². The number of benzene rings is 1. The maximum Gasteiger partial charge on any atom is 0.122 e. The van der Waals surface area contributed by atoms with Gasteiger partial charge in [0, 0.05) is 5.92 Å². The first-order valence-electron chi connectivity index (χ1n) is 7.35. The number of aliphatic hydroxyl groups is 1. The molecule has 5 atom stereocenters. The third kappa shape index (κ3) is 2.57. The van der Waals surface area contributed by atoms with Crippen molar-refractivity contribution in [3.63, 3.8) is 0 Å². The lowest BCUT2D eigenvalue weighted by Crippen LogP contribution is -2.25. The molecule has 0 radical (unpaired) electrons. The Morgan fingerprint density at radius 3 is 2.25 bits per heavy atom. The molecule has 2 rings (SSSR count). The standard InChI is InChI=1S/C17H26O3/c1-9-8-15(19-6)10(2)7-14(9)17(18)16-11(3)12(4)20-13(16)5/h7-8,11-13,16-18H,1-6H3. The molecule has 5 unspecified atom stereocenters. The zero-order valence-electron chi connectivity index (χ0n) is 13.3. The molecule has 1 saturated heterocycles. The zero-order chi connectivity index (χ0) is 15.0. The monoisotopic (exact) mass is 278 g/mol. The summed E-state index contributed by atoms with van der Waals surface area (Å²) >= 11 is 0. The van der Waals surface area contributed by atoms with Gasteiger partial charge in [0.2, 0.25) is 0 Å². The van der Waals surface area contributed by atoms with E-state index in [2.05, 4.69) is 20.8 Å². The van der Waals surface area contributed by atoms with Crippen LogP contribution in [0.3, 0.4) is 0 Å². The van der Waals surface area contributed by atoms with Crippen LogP contribution in [0.2, 0.25) is 0 Å². The van der Waals surface area contributed by atoms with Gasteiger partial charge >= 0.3 is 0 Å². The molecule has 1 heterocycles. The minimum atomic E-state index is -0.491. The van der Waals surface area contributed by atoms with Crippen LogP contribution in [0.1, 0.15) is 43.6 Å². The summed E-state index contributed by atoms with van der Waals surface area (Å²) in [7, 11) is 1.68. The fraction of sp³-hybridized carbons (Fsp3) is 0.647. The maximum absolute atomic E-state index is 10.8. The Labute approximate surface area is 121 Å². The highest BCUT2D eigenvalue weighted by molar-refractivity contribution is 5.42. The average Bonchev–Trinajstić information content (AvgIpc) is 2.65. The number of aliphatic hydroxyl groups excluding tert-OH is 1. The molecular formula is C17H26O3. The normalized spacial score (nSPS) is 31.4. The minimum absolute atomic E-state index is 0.0804. The molecule has 1 fully saturated rings. The van der Waals surface area contributed by atoms with Crippen LogP contribution in [-0.4, -0.2) is 24.4 Å². The molecule has 3 nitrogen and oxygen atoms in total. The number of hydrogen-bond donors (Lipinski definition) is 1. The second-order valence-corrected chi connectivity index (χ2v) is 6.11. The summed E-state index contributed by atoms with van der Waals surface area (Å²) in [6.45, 7) is 10.3. The van der Waals surface area contributed by atoms with Crippen LogP contribution in [0.25, 0.3) is 0 Å². The van der Waals surface area contributed by atoms with Crippen LogP contribution in [0.15, 0.2) is 12.1 Å². The van der Waals surface area contributed by atoms with Gasteiger partial charge in [0.05, 0.1) is 25.4 Å². The number of aryl methyl sites for hydroxylation is 2. The first-order chi connectivity index (χ1) is 9.36. The van der Waals surface area contributed by atoms with E-state index in [0.717, 1.165) is 22.4 Å². The van der Waals surface area contributed by atoms with Crippen LogP contribution in [-0.2, 0) is 4.74 Å². The van der Waals surface area contributed by atoms with Crippen LogP contribution in [0.5, 0.6) is 5.75 Å². The van der Waals surface area contributed by atoms with Crippen LogP contribution < -0.4 is 4.74 Å². The molecule has 1 aromatic rings. The van der Waals surface area contributed by atoms with Gasteiger partial charge in [0.25, 0.3) is 0 Å². The fourth-order valence-corrected chi connectivity index (χ4v) is 3.40. The van der Waals surface area contributed by atoms with E-state index in [4.69, 9.17) is 9.47 Å². The topological polar surface area (TPSA) is 38.7 Å². The van der Waals surface area contributed by atoms with Gasteiger partial charge in [-0.25, -0.2) is 0 Å². The third-order valence-electron chi connectivity index (χ3n) is 4.79. The highest BCUT2D eigenvalue weighted by Gasteiger charge is 2.42. The van der Waals surface area contributed by atoms with Crippen molar-refractivity contribution in [2.75, 3.05) is 7.11 Å². The van der Waals surface area contributed by atoms with Crippen LogP contribution in [0.4, 0.5) is 0 Å². The number of hydrogen-bond acceptors (Lipinski definition) is 3.